The van der Waals surface area contributed by atoms with Crippen molar-refractivity contribution in [2.45, 2.75) is 13.0 Å². The van der Waals surface area contributed by atoms with Gasteiger partial charge in [-0.15, -0.1) is 0 Å². The number of carbonyl (C=O) groups is 1. The zero-order valence-corrected chi connectivity index (χ0v) is 15.0. The Bertz CT molecular complexity index is 582. The maximum absolute atomic E-state index is 11.6. The van der Waals surface area contributed by atoms with E-state index in [0.717, 1.165) is 44.2 Å². The predicted molar refractivity (Wildman–Crippen MR) is 93.8 cm³/mol. The summed E-state index contributed by atoms with van der Waals surface area (Å²) in [7, 11) is 1.68. The molecule has 0 bridgehead atoms. The minimum Gasteiger partial charge on any atom is -0.481 e. The molecule has 138 valence electrons. The summed E-state index contributed by atoms with van der Waals surface area (Å²) in [6.45, 7) is 7.85. The molecule has 1 N–H and O–H groups in total. The highest BCUT2D eigenvalue weighted by Crippen LogP contribution is 2.21. The summed E-state index contributed by atoms with van der Waals surface area (Å²) in [5.74, 6) is -0.316. The van der Waals surface area contributed by atoms with Crippen molar-refractivity contribution < 1.29 is 14.6 Å². The summed E-state index contributed by atoms with van der Waals surface area (Å²) in [6, 6.07) is 0.278. The van der Waals surface area contributed by atoms with Crippen LogP contribution in [0.15, 0.2) is 12.4 Å². The Morgan fingerprint density at radius 2 is 2.00 bits per heavy atom. The fourth-order valence-corrected chi connectivity index (χ4v) is 3.62. The van der Waals surface area contributed by atoms with Gasteiger partial charge in [0, 0.05) is 71.4 Å². The molecule has 0 aliphatic carbocycles. The number of nitrogens with zero attached hydrogens (tertiary/aromatic N) is 5. The molecular weight excluding hydrogens is 322 g/mol. The van der Waals surface area contributed by atoms with Gasteiger partial charge < -0.3 is 14.7 Å². The number of fused-ring (bicyclic) bond motifs is 1. The molecule has 0 unspecified atom stereocenters. The van der Waals surface area contributed by atoms with E-state index >= 15 is 0 Å². The molecule has 0 spiro atoms. The molecule has 2 aliphatic rings. The minimum atomic E-state index is -0.715. The van der Waals surface area contributed by atoms with Crippen LogP contribution in [0, 0.1) is 12.8 Å². The van der Waals surface area contributed by atoms with Gasteiger partial charge in [-0.3, -0.25) is 14.6 Å². The summed E-state index contributed by atoms with van der Waals surface area (Å²) in [5, 5.41) is 9.54. The van der Waals surface area contributed by atoms with E-state index in [1.54, 1.807) is 7.11 Å². The molecule has 0 saturated carbocycles. The minimum absolute atomic E-state index is 0.278. The van der Waals surface area contributed by atoms with Crippen LogP contribution in [0.3, 0.4) is 0 Å². The SMILES string of the molecule is COCCN1C[C@@H](C(=O)O)CN2CCN(c3ncc(C)cn3)C[C@H]2C1. The molecule has 0 amide bonds. The van der Waals surface area contributed by atoms with Crippen molar-refractivity contribution in [3.63, 3.8) is 0 Å². The van der Waals surface area contributed by atoms with Gasteiger partial charge in [0.2, 0.25) is 5.95 Å². The number of carboxylic acid groups (broad SMARTS) is 1. The first-order chi connectivity index (χ1) is 12.1. The van der Waals surface area contributed by atoms with Gasteiger partial charge in [-0.1, -0.05) is 0 Å². The summed E-state index contributed by atoms with van der Waals surface area (Å²) in [5.41, 5.74) is 1.05. The molecule has 1 aromatic heterocycles. The first-order valence-corrected chi connectivity index (χ1v) is 8.78. The molecule has 8 nitrogen and oxygen atoms in total. The maximum Gasteiger partial charge on any atom is 0.309 e. The van der Waals surface area contributed by atoms with Crippen molar-refractivity contribution in [3.05, 3.63) is 18.0 Å². The zero-order chi connectivity index (χ0) is 17.8. The lowest BCUT2D eigenvalue weighted by atomic mass is 10.1. The van der Waals surface area contributed by atoms with E-state index in [-0.39, 0.29) is 12.0 Å². The number of hydrogen-bond donors (Lipinski definition) is 1. The van der Waals surface area contributed by atoms with Crippen LogP contribution in [-0.2, 0) is 9.53 Å². The topological polar surface area (TPSA) is 82.0 Å². The predicted octanol–water partition coefficient (Wildman–Crippen LogP) is -0.0616. The van der Waals surface area contributed by atoms with Crippen LogP contribution in [-0.4, -0.2) is 96.4 Å². The lowest BCUT2D eigenvalue weighted by Gasteiger charge is -2.41. The smallest absolute Gasteiger partial charge is 0.309 e. The van der Waals surface area contributed by atoms with Crippen LogP contribution in [0.4, 0.5) is 5.95 Å². The lowest BCUT2D eigenvalue weighted by molar-refractivity contribution is -0.142. The van der Waals surface area contributed by atoms with E-state index in [1.807, 2.05) is 19.3 Å². The number of piperazine rings is 1. The van der Waals surface area contributed by atoms with Crippen LogP contribution < -0.4 is 4.90 Å². The number of ether oxygens (including phenoxy) is 1. The zero-order valence-electron chi connectivity index (χ0n) is 15.0. The lowest BCUT2D eigenvalue weighted by Crippen LogP contribution is -2.56. The summed E-state index contributed by atoms with van der Waals surface area (Å²) >= 11 is 0. The third-order valence-corrected chi connectivity index (χ3v) is 5.02. The van der Waals surface area contributed by atoms with Gasteiger partial charge >= 0.3 is 5.97 Å². The van der Waals surface area contributed by atoms with Crippen molar-refractivity contribution in [3.8, 4) is 0 Å². The maximum atomic E-state index is 11.6. The molecule has 2 saturated heterocycles. The average molecular weight is 349 g/mol. The Morgan fingerprint density at radius 1 is 1.24 bits per heavy atom. The van der Waals surface area contributed by atoms with Gasteiger partial charge in [0.25, 0.3) is 0 Å². The number of rotatable bonds is 5. The third-order valence-electron chi connectivity index (χ3n) is 5.02. The number of methoxy groups -OCH3 is 1. The van der Waals surface area contributed by atoms with Crippen molar-refractivity contribution in [2.24, 2.45) is 5.92 Å². The van der Waals surface area contributed by atoms with E-state index in [2.05, 4.69) is 24.7 Å². The Hall–Kier alpha value is -1.77. The number of anilines is 1. The van der Waals surface area contributed by atoms with Gasteiger partial charge in [-0.2, -0.15) is 0 Å². The third kappa shape index (κ3) is 4.45. The van der Waals surface area contributed by atoms with Crippen LogP contribution in [0.5, 0.6) is 0 Å². The molecule has 1 aromatic rings. The highest BCUT2D eigenvalue weighted by atomic mass is 16.5. The van der Waals surface area contributed by atoms with Gasteiger partial charge in [-0.05, 0) is 12.5 Å². The monoisotopic (exact) mass is 349 g/mol. The van der Waals surface area contributed by atoms with Gasteiger partial charge in [-0.25, -0.2) is 9.97 Å². The summed E-state index contributed by atoms with van der Waals surface area (Å²) in [4.78, 5) is 27.2. The molecule has 25 heavy (non-hydrogen) atoms. The molecule has 2 fully saturated rings. The Kier molecular flexibility index (Phi) is 5.82. The summed E-state index contributed by atoms with van der Waals surface area (Å²) < 4.78 is 5.19. The van der Waals surface area contributed by atoms with Crippen LogP contribution >= 0.6 is 0 Å². The largest absolute Gasteiger partial charge is 0.481 e. The summed E-state index contributed by atoms with van der Waals surface area (Å²) in [6.07, 6.45) is 3.68. The van der Waals surface area contributed by atoms with Gasteiger partial charge in [0.05, 0.1) is 12.5 Å². The van der Waals surface area contributed by atoms with Crippen molar-refractivity contribution in [1.82, 2.24) is 19.8 Å². The number of aryl methyl sites for hydroxylation is 1. The fraction of sp³-hybridized carbons (Fsp3) is 0.706. The molecule has 2 aliphatic heterocycles. The van der Waals surface area contributed by atoms with Gasteiger partial charge in [0.1, 0.15) is 0 Å². The molecule has 3 heterocycles. The Labute approximate surface area is 148 Å². The van der Waals surface area contributed by atoms with E-state index < -0.39 is 5.97 Å². The van der Waals surface area contributed by atoms with E-state index in [4.69, 9.17) is 4.74 Å². The van der Waals surface area contributed by atoms with Crippen molar-refractivity contribution in [2.75, 3.05) is 64.4 Å². The van der Waals surface area contributed by atoms with E-state index in [0.29, 0.717) is 19.7 Å². The number of aliphatic carboxylic acids is 1. The molecule has 3 rings (SSSR count). The Morgan fingerprint density at radius 3 is 2.68 bits per heavy atom. The second kappa shape index (κ2) is 8.07. The van der Waals surface area contributed by atoms with Crippen LogP contribution in [0.25, 0.3) is 0 Å². The molecule has 0 aromatic carbocycles. The average Bonchev–Trinajstić information content (AvgIpc) is 2.79. The fourth-order valence-electron chi connectivity index (χ4n) is 3.62. The second-order valence-corrected chi connectivity index (χ2v) is 6.94. The first kappa shape index (κ1) is 18.0. The second-order valence-electron chi connectivity index (χ2n) is 6.94. The van der Waals surface area contributed by atoms with E-state index in [9.17, 15) is 9.90 Å². The highest BCUT2D eigenvalue weighted by molar-refractivity contribution is 5.70. The number of hydrogen-bond acceptors (Lipinski definition) is 7. The highest BCUT2D eigenvalue weighted by Gasteiger charge is 2.36. The molecule has 0 radical (unpaired) electrons. The molecular formula is C17H27N5O3. The van der Waals surface area contributed by atoms with E-state index in [1.165, 1.54) is 0 Å². The van der Waals surface area contributed by atoms with Crippen molar-refractivity contribution in [1.29, 1.82) is 0 Å². The Balaban J connectivity index is 1.72. The molecule has 8 heteroatoms. The van der Waals surface area contributed by atoms with Crippen molar-refractivity contribution >= 4 is 11.9 Å². The quantitative estimate of drug-likeness (QED) is 0.792. The first-order valence-electron chi connectivity index (χ1n) is 8.78. The number of carboxylic acids is 1. The normalized spacial score (nSPS) is 25.4. The van der Waals surface area contributed by atoms with Crippen LogP contribution in [0.2, 0.25) is 0 Å². The van der Waals surface area contributed by atoms with Crippen LogP contribution in [0.1, 0.15) is 5.56 Å². The van der Waals surface area contributed by atoms with Gasteiger partial charge in [0.15, 0.2) is 0 Å². The standard InChI is InChI=1S/C17H27N5O3/c1-13-7-18-17(19-8-13)22-4-3-21-10-14(16(23)24)9-20(5-6-25-2)11-15(21)12-22/h7-8,14-15H,3-6,9-12H2,1-2H3,(H,23,24)/t14-,15-/m1/s1. The molecule has 2 atom stereocenters. The number of aromatic nitrogens is 2.